The van der Waals surface area contributed by atoms with E-state index in [0.717, 1.165) is 0 Å². The van der Waals surface area contributed by atoms with Crippen LogP contribution in [0.15, 0.2) is 0 Å². The van der Waals surface area contributed by atoms with Gasteiger partial charge >= 0.3 is 6.09 Å². The second-order valence-electron chi connectivity index (χ2n) is 7.37. The van der Waals surface area contributed by atoms with Gasteiger partial charge in [-0.05, 0) is 60.3 Å². The van der Waals surface area contributed by atoms with E-state index in [9.17, 15) is 9.90 Å². The third-order valence-corrected chi connectivity index (χ3v) is 3.58. The fourth-order valence-electron chi connectivity index (χ4n) is 1.89. The van der Waals surface area contributed by atoms with Gasteiger partial charge in [-0.25, -0.2) is 4.79 Å². The molecular weight excluding hydrogens is 256 g/mol. The normalized spacial score (nSPS) is 19.4. The van der Waals surface area contributed by atoms with Crippen LogP contribution in [0.3, 0.4) is 0 Å². The second-order valence-corrected chi connectivity index (χ2v) is 7.37. The maximum Gasteiger partial charge on any atom is 0.407 e. The summed E-state index contributed by atoms with van der Waals surface area (Å²) in [6, 6.07) is 0.150. The number of carbonyl (C=O) groups excluding carboxylic acids is 1. The van der Waals surface area contributed by atoms with Crippen LogP contribution in [-0.2, 0) is 4.74 Å². The van der Waals surface area contributed by atoms with Crippen molar-refractivity contribution in [3.8, 4) is 0 Å². The van der Waals surface area contributed by atoms with Gasteiger partial charge in [-0.15, -0.1) is 0 Å². The minimum absolute atomic E-state index is 0.0338. The summed E-state index contributed by atoms with van der Waals surface area (Å²) in [5, 5.41) is 16.2. The largest absolute Gasteiger partial charge is 0.444 e. The Bertz CT molecular complexity index is 327. The zero-order valence-corrected chi connectivity index (χ0v) is 13.6. The van der Waals surface area contributed by atoms with Gasteiger partial charge in [-0.1, -0.05) is 0 Å². The van der Waals surface area contributed by atoms with Gasteiger partial charge in [0.1, 0.15) is 5.60 Å². The molecule has 5 heteroatoms. The van der Waals surface area contributed by atoms with Crippen molar-refractivity contribution >= 4 is 6.09 Å². The van der Waals surface area contributed by atoms with Crippen molar-refractivity contribution in [3.05, 3.63) is 0 Å². The molecule has 20 heavy (non-hydrogen) atoms. The van der Waals surface area contributed by atoms with Crippen LogP contribution >= 0.6 is 0 Å². The summed E-state index contributed by atoms with van der Waals surface area (Å²) in [4.78, 5) is 11.7. The molecule has 118 valence electrons. The van der Waals surface area contributed by atoms with E-state index in [0.29, 0.717) is 12.5 Å². The lowest BCUT2D eigenvalue weighted by atomic mass is 9.99. The summed E-state index contributed by atoms with van der Waals surface area (Å²) < 4.78 is 5.23. The first-order valence-corrected chi connectivity index (χ1v) is 7.44. The molecule has 0 spiro atoms. The Morgan fingerprint density at radius 2 is 1.85 bits per heavy atom. The van der Waals surface area contributed by atoms with E-state index in [2.05, 4.69) is 10.6 Å². The first-order chi connectivity index (χ1) is 8.99. The summed E-state index contributed by atoms with van der Waals surface area (Å²) in [7, 11) is 0. The molecule has 1 saturated carbocycles. The molecule has 1 fully saturated rings. The molecule has 0 heterocycles. The number of ether oxygens (including phenoxy) is 1. The zero-order valence-electron chi connectivity index (χ0n) is 13.6. The van der Waals surface area contributed by atoms with Crippen molar-refractivity contribution in [3.63, 3.8) is 0 Å². The monoisotopic (exact) mass is 286 g/mol. The van der Waals surface area contributed by atoms with E-state index < -0.39 is 11.2 Å². The van der Waals surface area contributed by atoms with E-state index in [-0.39, 0.29) is 18.2 Å². The van der Waals surface area contributed by atoms with Crippen molar-refractivity contribution in [2.45, 2.75) is 77.7 Å². The summed E-state index contributed by atoms with van der Waals surface area (Å²) in [5.41, 5.74) is -1.26. The van der Waals surface area contributed by atoms with E-state index in [4.69, 9.17) is 4.74 Å². The van der Waals surface area contributed by atoms with Crippen LogP contribution in [0.25, 0.3) is 0 Å². The minimum Gasteiger partial charge on any atom is -0.444 e. The Labute approximate surface area is 122 Å². The van der Waals surface area contributed by atoms with Gasteiger partial charge in [0.05, 0.1) is 5.60 Å². The number of alkyl carbamates (subject to hydrolysis) is 1. The molecule has 0 bridgehead atoms. The third kappa shape index (κ3) is 6.57. The number of amides is 1. The summed E-state index contributed by atoms with van der Waals surface area (Å²) >= 11 is 0. The Hall–Kier alpha value is -0.810. The van der Waals surface area contributed by atoms with Crippen LogP contribution in [0.2, 0.25) is 0 Å². The Kier molecular flexibility index (Phi) is 5.44. The van der Waals surface area contributed by atoms with Crippen LogP contribution in [0.5, 0.6) is 0 Å². The highest BCUT2D eigenvalue weighted by Gasteiger charge is 2.34. The Balaban J connectivity index is 2.42. The average molecular weight is 286 g/mol. The Morgan fingerprint density at radius 1 is 1.30 bits per heavy atom. The molecule has 0 aromatic rings. The number of aliphatic hydroxyl groups is 1. The van der Waals surface area contributed by atoms with E-state index in [1.54, 1.807) is 13.8 Å². The second kappa shape index (κ2) is 6.31. The lowest BCUT2D eigenvalue weighted by Crippen LogP contribution is -2.53. The van der Waals surface area contributed by atoms with E-state index in [1.807, 2.05) is 27.7 Å². The first-order valence-electron chi connectivity index (χ1n) is 7.44. The van der Waals surface area contributed by atoms with Crippen molar-refractivity contribution < 1.29 is 14.6 Å². The third-order valence-electron chi connectivity index (χ3n) is 3.58. The fourth-order valence-corrected chi connectivity index (χ4v) is 1.89. The lowest BCUT2D eigenvalue weighted by Gasteiger charge is -2.31. The molecule has 0 saturated heterocycles. The highest BCUT2D eigenvalue weighted by molar-refractivity contribution is 5.67. The molecule has 1 rings (SSSR count). The number of carbonyl (C=O) groups is 1. The Morgan fingerprint density at radius 3 is 2.25 bits per heavy atom. The predicted molar refractivity (Wildman–Crippen MR) is 79.6 cm³/mol. The SMILES string of the molecule is CC(NC(CNC(=O)OC(C)(C)C)C1CC1)C(C)(C)O. The van der Waals surface area contributed by atoms with Gasteiger partial charge in [0.15, 0.2) is 0 Å². The first kappa shape index (κ1) is 17.2. The minimum atomic E-state index is -0.779. The molecule has 0 aromatic heterocycles. The summed E-state index contributed by atoms with van der Waals surface area (Å²) in [6.07, 6.45) is 1.96. The molecule has 0 radical (unpaired) electrons. The maximum absolute atomic E-state index is 11.7. The average Bonchev–Trinajstić information content (AvgIpc) is 3.03. The molecule has 1 aliphatic carbocycles. The molecule has 2 atom stereocenters. The molecule has 0 aliphatic heterocycles. The van der Waals surface area contributed by atoms with Crippen LogP contribution < -0.4 is 10.6 Å². The molecular formula is C15H30N2O3. The smallest absolute Gasteiger partial charge is 0.407 e. The number of nitrogens with one attached hydrogen (secondary N) is 2. The van der Waals surface area contributed by atoms with Gasteiger partial charge in [-0.2, -0.15) is 0 Å². The lowest BCUT2D eigenvalue weighted by molar-refractivity contribution is 0.0372. The standard InChI is InChI=1S/C15H30N2O3/c1-10(15(5,6)19)17-12(11-7-8-11)9-16-13(18)20-14(2,3)4/h10-12,17,19H,7-9H2,1-6H3,(H,16,18). The molecule has 1 amide bonds. The number of hydrogen-bond donors (Lipinski definition) is 3. The maximum atomic E-state index is 11.7. The summed E-state index contributed by atoms with van der Waals surface area (Å²) in [5.74, 6) is 0.578. The number of hydrogen-bond acceptors (Lipinski definition) is 4. The zero-order chi connectivity index (χ0) is 15.6. The molecule has 2 unspecified atom stereocenters. The number of rotatable bonds is 6. The van der Waals surface area contributed by atoms with Gasteiger partial charge in [0, 0.05) is 18.6 Å². The van der Waals surface area contributed by atoms with Crippen LogP contribution in [0.1, 0.15) is 54.4 Å². The van der Waals surface area contributed by atoms with Gasteiger partial charge in [0.2, 0.25) is 0 Å². The molecule has 5 nitrogen and oxygen atoms in total. The molecule has 1 aliphatic rings. The van der Waals surface area contributed by atoms with Crippen molar-refractivity contribution in [2.24, 2.45) is 5.92 Å². The summed E-state index contributed by atoms with van der Waals surface area (Å²) in [6.45, 7) is 11.6. The highest BCUT2D eigenvalue weighted by Crippen LogP contribution is 2.33. The highest BCUT2D eigenvalue weighted by atomic mass is 16.6. The van der Waals surface area contributed by atoms with Crippen molar-refractivity contribution in [2.75, 3.05) is 6.54 Å². The topological polar surface area (TPSA) is 70.6 Å². The quantitative estimate of drug-likeness (QED) is 0.699. The fraction of sp³-hybridized carbons (Fsp3) is 0.933. The van der Waals surface area contributed by atoms with Gasteiger partial charge in [-0.3, -0.25) is 0 Å². The van der Waals surface area contributed by atoms with Crippen LogP contribution in [0.4, 0.5) is 4.79 Å². The van der Waals surface area contributed by atoms with Gasteiger partial charge < -0.3 is 20.5 Å². The van der Waals surface area contributed by atoms with Gasteiger partial charge in [0.25, 0.3) is 0 Å². The van der Waals surface area contributed by atoms with E-state index in [1.165, 1.54) is 12.8 Å². The van der Waals surface area contributed by atoms with Crippen LogP contribution in [0, 0.1) is 5.92 Å². The van der Waals surface area contributed by atoms with E-state index >= 15 is 0 Å². The van der Waals surface area contributed by atoms with Crippen molar-refractivity contribution in [1.82, 2.24) is 10.6 Å². The molecule has 3 N–H and O–H groups in total. The van der Waals surface area contributed by atoms with Crippen LogP contribution in [-0.4, -0.2) is 41.0 Å². The predicted octanol–water partition coefficient (Wildman–Crippen LogP) is 2.04. The van der Waals surface area contributed by atoms with Crippen molar-refractivity contribution in [1.29, 1.82) is 0 Å². The molecule has 0 aromatic carbocycles.